The molecule has 0 saturated carbocycles. The highest BCUT2D eigenvalue weighted by Crippen LogP contribution is 2.25. The van der Waals surface area contributed by atoms with E-state index in [1.165, 1.54) is 0 Å². The number of amides is 2. The Morgan fingerprint density at radius 3 is 2.89 bits per heavy atom. The number of fused-ring (bicyclic) bond motifs is 2. The Balaban J connectivity index is 1.73. The molecule has 0 aliphatic heterocycles. The molecule has 3 heterocycles. The molecule has 0 spiro atoms. The summed E-state index contributed by atoms with van der Waals surface area (Å²) in [6, 6.07) is 12.9. The van der Waals surface area contributed by atoms with Crippen LogP contribution in [0.3, 0.4) is 0 Å². The minimum atomic E-state index is -0.732. The van der Waals surface area contributed by atoms with Crippen molar-refractivity contribution < 1.29 is 4.79 Å². The number of carbonyl (C=O) groups excluding carboxylic acids is 1. The zero-order valence-corrected chi connectivity index (χ0v) is 15.4. The van der Waals surface area contributed by atoms with E-state index >= 15 is 0 Å². The molecule has 1 atom stereocenters. The normalized spacial score (nSPS) is 13.0. The summed E-state index contributed by atoms with van der Waals surface area (Å²) in [5, 5.41) is 18.1. The number of carbonyl (C=O) groups is 1. The fourth-order valence-corrected chi connectivity index (χ4v) is 2.98. The van der Waals surface area contributed by atoms with Crippen LogP contribution in [-0.4, -0.2) is 36.5 Å². The highest BCUT2D eigenvalue weighted by atomic mass is 16.2. The molecule has 0 radical (unpaired) electrons. The first-order valence-corrected chi connectivity index (χ1v) is 8.70. The van der Waals surface area contributed by atoms with Crippen LogP contribution in [0.5, 0.6) is 0 Å². The van der Waals surface area contributed by atoms with E-state index in [4.69, 9.17) is 5.73 Å². The highest BCUT2D eigenvalue weighted by molar-refractivity contribution is 5.97. The minimum Gasteiger partial charge on any atom is -0.350 e. The summed E-state index contributed by atoms with van der Waals surface area (Å²) in [6.45, 7) is 3.78. The van der Waals surface area contributed by atoms with Crippen LogP contribution in [0, 0.1) is 0 Å². The van der Waals surface area contributed by atoms with Crippen LogP contribution >= 0.6 is 0 Å². The Hall–Kier alpha value is -3.88. The number of hydrogen-bond acceptors (Lipinski definition) is 6. The third kappa shape index (κ3) is 3.25. The van der Waals surface area contributed by atoms with E-state index < -0.39 is 6.03 Å². The van der Waals surface area contributed by atoms with Gasteiger partial charge >= 0.3 is 6.03 Å². The van der Waals surface area contributed by atoms with Crippen molar-refractivity contribution in [2.75, 3.05) is 0 Å². The number of pyridine rings is 1. The van der Waals surface area contributed by atoms with E-state index in [1.807, 2.05) is 24.3 Å². The van der Waals surface area contributed by atoms with Crippen LogP contribution < -0.4 is 11.2 Å². The number of benzene rings is 1. The van der Waals surface area contributed by atoms with Crippen molar-refractivity contribution in [1.82, 2.24) is 30.2 Å². The number of nitrogens with one attached hydrogen (secondary N) is 1. The standard InChI is InChI=1S/C19H18N8O/c1-11(13-5-6-16-14(10-13)4-3-9-21-16)18-24-23-17-8-7-15(26-27(17)18)12(2)22-25-19(20)28/h3-11H,1-2H3,(H3,20,25,28)/t11-/m0/s1. The molecule has 0 saturated heterocycles. The van der Waals surface area contributed by atoms with Crippen molar-refractivity contribution in [3.63, 3.8) is 0 Å². The summed E-state index contributed by atoms with van der Waals surface area (Å²) in [7, 11) is 0. The molecular weight excluding hydrogens is 356 g/mol. The van der Waals surface area contributed by atoms with Gasteiger partial charge in [0.15, 0.2) is 11.5 Å². The van der Waals surface area contributed by atoms with Gasteiger partial charge in [-0.2, -0.15) is 14.7 Å². The fourth-order valence-electron chi connectivity index (χ4n) is 2.98. The summed E-state index contributed by atoms with van der Waals surface area (Å²) in [4.78, 5) is 15.2. The second-order valence-electron chi connectivity index (χ2n) is 6.40. The van der Waals surface area contributed by atoms with Gasteiger partial charge in [-0.3, -0.25) is 4.98 Å². The van der Waals surface area contributed by atoms with Crippen LogP contribution in [0.15, 0.2) is 53.8 Å². The Morgan fingerprint density at radius 2 is 2.07 bits per heavy atom. The SMILES string of the molecule is CC(=NNC(N)=O)c1ccc2nnc([C@@H](C)c3ccc4ncccc4c3)n2n1. The molecule has 0 aliphatic carbocycles. The maximum absolute atomic E-state index is 10.9. The average Bonchev–Trinajstić information content (AvgIpc) is 3.14. The van der Waals surface area contributed by atoms with Crippen molar-refractivity contribution in [2.45, 2.75) is 19.8 Å². The number of hydrazone groups is 1. The van der Waals surface area contributed by atoms with Crippen molar-refractivity contribution in [3.05, 3.63) is 65.7 Å². The van der Waals surface area contributed by atoms with Crippen molar-refractivity contribution >= 4 is 28.3 Å². The number of urea groups is 1. The van der Waals surface area contributed by atoms with Gasteiger partial charge in [0.2, 0.25) is 0 Å². The van der Waals surface area contributed by atoms with E-state index in [1.54, 1.807) is 29.8 Å². The van der Waals surface area contributed by atoms with E-state index in [0.717, 1.165) is 16.5 Å². The summed E-state index contributed by atoms with van der Waals surface area (Å²) >= 11 is 0. The van der Waals surface area contributed by atoms with Gasteiger partial charge in [-0.25, -0.2) is 10.2 Å². The fraction of sp³-hybridized carbons (Fsp3) is 0.158. The van der Waals surface area contributed by atoms with Gasteiger partial charge in [-0.1, -0.05) is 19.1 Å². The summed E-state index contributed by atoms with van der Waals surface area (Å²) in [5.41, 5.74) is 11.0. The Bertz CT molecular complexity index is 1210. The van der Waals surface area contributed by atoms with Crippen molar-refractivity contribution in [1.29, 1.82) is 0 Å². The smallest absolute Gasteiger partial charge is 0.332 e. The third-order valence-corrected chi connectivity index (χ3v) is 4.51. The van der Waals surface area contributed by atoms with Crippen LogP contribution in [0.1, 0.15) is 36.8 Å². The molecule has 0 unspecified atom stereocenters. The third-order valence-electron chi connectivity index (χ3n) is 4.51. The maximum Gasteiger partial charge on any atom is 0.332 e. The average molecular weight is 374 g/mol. The summed E-state index contributed by atoms with van der Waals surface area (Å²) in [5.74, 6) is 0.666. The van der Waals surface area contributed by atoms with Crippen LogP contribution in [0.2, 0.25) is 0 Å². The molecular formula is C19H18N8O. The lowest BCUT2D eigenvalue weighted by atomic mass is 9.98. The zero-order chi connectivity index (χ0) is 19.7. The van der Waals surface area contributed by atoms with Gasteiger partial charge in [0.25, 0.3) is 0 Å². The maximum atomic E-state index is 10.9. The van der Waals surface area contributed by atoms with Gasteiger partial charge in [0.1, 0.15) is 5.69 Å². The first-order valence-electron chi connectivity index (χ1n) is 8.70. The molecule has 9 nitrogen and oxygen atoms in total. The topological polar surface area (TPSA) is 123 Å². The second-order valence-corrected chi connectivity index (χ2v) is 6.40. The first-order chi connectivity index (χ1) is 13.5. The van der Waals surface area contributed by atoms with E-state index in [0.29, 0.717) is 22.9 Å². The zero-order valence-electron chi connectivity index (χ0n) is 15.4. The summed E-state index contributed by atoms with van der Waals surface area (Å²) in [6.07, 6.45) is 1.78. The molecule has 9 heteroatoms. The highest BCUT2D eigenvalue weighted by Gasteiger charge is 2.18. The lowest BCUT2D eigenvalue weighted by Gasteiger charge is -2.11. The van der Waals surface area contributed by atoms with Crippen molar-refractivity contribution in [3.8, 4) is 0 Å². The Labute approximate surface area is 160 Å². The number of rotatable bonds is 4. The lowest BCUT2D eigenvalue weighted by Crippen LogP contribution is -2.25. The predicted octanol–water partition coefficient (Wildman–Crippen LogP) is 2.22. The Morgan fingerprint density at radius 1 is 1.21 bits per heavy atom. The van der Waals surface area contributed by atoms with Crippen LogP contribution in [0.4, 0.5) is 4.79 Å². The monoisotopic (exact) mass is 374 g/mol. The van der Waals surface area contributed by atoms with Crippen molar-refractivity contribution in [2.24, 2.45) is 10.8 Å². The van der Waals surface area contributed by atoms with E-state index in [9.17, 15) is 4.79 Å². The quantitative estimate of drug-likeness (QED) is 0.419. The Kier molecular flexibility index (Phi) is 4.40. The predicted molar refractivity (Wildman–Crippen MR) is 105 cm³/mol. The number of aromatic nitrogens is 5. The number of hydrogen-bond donors (Lipinski definition) is 2. The molecule has 3 N–H and O–H groups in total. The van der Waals surface area contributed by atoms with E-state index in [2.05, 4.69) is 43.8 Å². The molecule has 4 aromatic rings. The van der Waals surface area contributed by atoms with Crippen LogP contribution in [-0.2, 0) is 0 Å². The van der Waals surface area contributed by atoms with Gasteiger partial charge in [0.05, 0.1) is 11.2 Å². The first kappa shape index (κ1) is 17.5. The van der Waals surface area contributed by atoms with Gasteiger partial charge in [-0.15, -0.1) is 10.2 Å². The number of nitrogens with two attached hydrogens (primary N) is 1. The molecule has 0 bridgehead atoms. The van der Waals surface area contributed by atoms with E-state index in [-0.39, 0.29) is 5.92 Å². The molecule has 140 valence electrons. The summed E-state index contributed by atoms with van der Waals surface area (Å²) < 4.78 is 1.69. The molecule has 1 aromatic carbocycles. The second kappa shape index (κ2) is 7.03. The number of nitrogens with zero attached hydrogens (tertiary/aromatic N) is 6. The van der Waals surface area contributed by atoms with Crippen LogP contribution in [0.25, 0.3) is 16.6 Å². The molecule has 4 rings (SSSR count). The van der Waals surface area contributed by atoms with Gasteiger partial charge < -0.3 is 5.73 Å². The van der Waals surface area contributed by atoms with Gasteiger partial charge in [0, 0.05) is 17.5 Å². The molecule has 28 heavy (non-hydrogen) atoms. The molecule has 3 aromatic heterocycles. The molecule has 0 fully saturated rings. The largest absolute Gasteiger partial charge is 0.350 e. The molecule has 0 aliphatic rings. The molecule has 2 amide bonds. The minimum absolute atomic E-state index is 0.0386. The van der Waals surface area contributed by atoms with Gasteiger partial charge in [-0.05, 0) is 42.8 Å². The number of primary amides is 1. The lowest BCUT2D eigenvalue weighted by molar-refractivity contribution is 0.249.